The van der Waals surface area contributed by atoms with Crippen molar-refractivity contribution in [2.45, 2.75) is 32.4 Å². The van der Waals surface area contributed by atoms with Crippen LogP contribution < -0.4 is 11.3 Å². The van der Waals surface area contributed by atoms with Gasteiger partial charge >= 0.3 is 0 Å². The lowest BCUT2D eigenvalue weighted by molar-refractivity contribution is 0.196. The molecule has 0 radical (unpaired) electrons. The first-order valence-electron chi connectivity index (χ1n) is 6.04. The van der Waals surface area contributed by atoms with Gasteiger partial charge in [-0.1, -0.05) is 11.6 Å². The molecule has 2 unspecified atom stereocenters. The van der Waals surface area contributed by atoms with E-state index in [0.29, 0.717) is 6.04 Å². The summed E-state index contributed by atoms with van der Waals surface area (Å²) < 4.78 is 0. The third-order valence-corrected chi connectivity index (χ3v) is 3.24. The van der Waals surface area contributed by atoms with Gasteiger partial charge in [0.15, 0.2) is 0 Å². The molecule has 1 aliphatic heterocycles. The van der Waals surface area contributed by atoms with Crippen LogP contribution in [0.4, 0.5) is 0 Å². The summed E-state index contributed by atoms with van der Waals surface area (Å²) in [5, 5.41) is 0. The number of allylic oxidation sites excluding steroid dienone is 1. The van der Waals surface area contributed by atoms with Gasteiger partial charge in [0.25, 0.3) is 0 Å². The zero-order chi connectivity index (χ0) is 12.1. The van der Waals surface area contributed by atoms with E-state index in [1.807, 2.05) is 0 Å². The van der Waals surface area contributed by atoms with Crippen molar-refractivity contribution in [2.24, 2.45) is 5.84 Å². The van der Waals surface area contributed by atoms with Gasteiger partial charge in [-0.3, -0.25) is 11.3 Å². The predicted molar refractivity (Wildman–Crippen MR) is 69.1 cm³/mol. The highest BCUT2D eigenvalue weighted by atomic mass is 15.3. The molecule has 0 spiro atoms. The average Bonchev–Trinajstić information content (AvgIpc) is 2.37. The van der Waals surface area contributed by atoms with Crippen molar-refractivity contribution in [2.75, 3.05) is 33.7 Å². The van der Waals surface area contributed by atoms with Crippen LogP contribution in [0, 0.1) is 0 Å². The fourth-order valence-corrected chi connectivity index (χ4v) is 2.32. The fraction of sp³-hybridized carbons (Fsp3) is 0.833. The quantitative estimate of drug-likeness (QED) is 0.416. The molecule has 1 saturated heterocycles. The molecule has 0 aromatic heterocycles. The molecule has 4 nitrogen and oxygen atoms in total. The Balaban J connectivity index is 2.75. The van der Waals surface area contributed by atoms with Gasteiger partial charge < -0.3 is 9.80 Å². The lowest BCUT2D eigenvalue weighted by Gasteiger charge is -2.32. The van der Waals surface area contributed by atoms with Crippen LogP contribution in [-0.4, -0.2) is 55.6 Å². The number of nitrogens with two attached hydrogens (primary N) is 1. The first kappa shape index (κ1) is 13.6. The van der Waals surface area contributed by atoms with Crippen LogP contribution in [-0.2, 0) is 0 Å². The number of hydrogen-bond donors (Lipinski definition) is 2. The van der Waals surface area contributed by atoms with Crippen molar-refractivity contribution < 1.29 is 0 Å². The Morgan fingerprint density at radius 2 is 2.06 bits per heavy atom. The van der Waals surface area contributed by atoms with Gasteiger partial charge in [-0.2, -0.15) is 0 Å². The second-order valence-electron chi connectivity index (χ2n) is 5.10. The number of nitrogens with zero attached hydrogens (tertiary/aromatic N) is 2. The van der Waals surface area contributed by atoms with Crippen LogP contribution >= 0.6 is 0 Å². The summed E-state index contributed by atoms with van der Waals surface area (Å²) in [5.74, 6) is 5.67. The van der Waals surface area contributed by atoms with Gasteiger partial charge in [0.2, 0.25) is 0 Å². The summed E-state index contributed by atoms with van der Waals surface area (Å²) in [6, 6.07) is 0.683. The van der Waals surface area contributed by atoms with Gasteiger partial charge in [-0.05, 0) is 47.5 Å². The highest BCUT2D eigenvalue weighted by Gasteiger charge is 2.26. The molecule has 0 aromatic carbocycles. The predicted octanol–water partition coefficient (Wildman–Crippen LogP) is 0.420. The maximum atomic E-state index is 5.67. The summed E-state index contributed by atoms with van der Waals surface area (Å²) >= 11 is 0. The normalized spacial score (nSPS) is 26.2. The molecule has 2 atom stereocenters. The molecule has 0 aliphatic carbocycles. The zero-order valence-electron chi connectivity index (χ0n) is 11.0. The van der Waals surface area contributed by atoms with Crippen molar-refractivity contribution in [3.63, 3.8) is 0 Å². The van der Waals surface area contributed by atoms with E-state index in [-0.39, 0.29) is 6.04 Å². The van der Waals surface area contributed by atoms with E-state index in [4.69, 9.17) is 5.84 Å². The number of nitrogens with one attached hydrogen (secondary N) is 1. The smallest absolute Gasteiger partial charge is 0.0560 e. The fourth-order valence-electron chi connectivity index (χ4n) is 2.32. The number of likely N-dealkylation sites (N-methyl/N-ethyl adjacent to an activating group) is 2. The summed E-state index contributed by atoms with van der Waals surface area (Å²) in [6.45, 7) is 7.61. The molecule has 4 heteroatoms. The van der Waals surface area contributed by atoms with Gasteiger partial charge in [-0.15, -0.1) is 0 Å². The Hall–Kier alpha value is -0.420. The van der Waals surface area contributed by atoms with Gasteiger partial charge in [0, 0.05) is 12.6 Å². The van der Waals surface area contributed by atoms with Crippen molar-refractivity contribution in [1.82, 2.24) is 15.2 Å². The van der Waals surface area contributed by atoms with Crippen molar-refractivity contribution in [1.29, 1.82) is 0 Å². The Morgan fingerprint density at radius 3 is 2.62 bits per heavy atom. The molecule has 16 heavy (non-hydrogen) atoms. The molecule has 1 fully saturated rings. The molecule has 0 bridgehead atoms. The van der Waals surface area contributed by atoms with E-state index >= 15 is 0 Å². The number of rotatable bonds is 3. The van der Waals surface area contributed by atoms with E-state index in [1.54, 1.807) is 0 Å². The van der Waals surface area contributed by atoms with Crippen LogP contribution in [0.15, 0.2) is 11.6 Å². The van der Waals surface area contributed by atoms with Crippen molar-refractivity contribution in [3.8, 4) is 0 Å². The van der Waals surface area contributed by atoms with E-state index in [1.165, 1.54) is 18.5 Å². The minimum absolute atomic E-state index is 0.232. The molecule has 1 heterocycles. The lowest BCUT2D eigenvalue weighted by Crippen LogP contribution is -2.53. The summed E-state index contributed by atoms with van der Waals surface area (Å²) in [5.41, 5.74) is 4.25. The highest BCUT2D eigenvalue weighted by molar-refractivity contribution is 5.06. The summed E-state index contributed by atoms with van der Waals surface area (Å²) in [4.78, 5) is 4.80. The Bertz CT molecular complexity index is 235. The van der Waals surface area contributed by atoms with Crippen LogP contribution in [0.2, 0.25) is 0 Å². The maximum absolute atomic E-state index is 5.67. The van der Waals surface area contributed by atoms with Crippen molar-refractivity contribution in [3.05, 3.63) is 11.6 Å². The molecule has 0 amide bonds. The van der Waals surface area contributed by atoms with E-state index < -0.39 is 0 Å². The second kappa shape index (κ2) is 6.35. The van der Waals surface area contributed by atoms with Crippen LogP contribution in [0.5, 0.6) is 0 Å². The van der Waals surface area contributed by atoms with E-state index in [9.17, 15) is 0 Å². The molecule has 3 N–H and O–H groups in total. The summed E-state index contributed by atoms with van der Waals surface area (Å²) in [6.07, 6.45) is 3.45. The van der Waals surface area contributed by atoms with Crippen LogP contribution in [0.3, 0.4) is 0 Å². The standard InChI is InChI=1S/C12H26N4/c1-10(2)8-11(14-13)12-9-15(3)6-5-7-16(12)4/h8,11-12,14H,5-7,9,13H2,1-4H3. The SMILES string of the molecule is CC(C)=CC(NN)C1CN(C)CCCN1C. The molecule has 0 saturated carbocycles. The third-order valence-electron chi connectivity index (χ3n) is 3.24. The third kappa shape index (κ3) is 3.87. The molecule has 1 aliphatic rings. The average molecular weight is 226 g/mol. The van der Waals surface area contributed by atoms with Crippen LogP contribution in [0.1, 0.15) is 20.3 Å². The van der Waals surface area contributed by atoms with Gasteiger partial charge in [0.05, 0.1) is 6.04 Å². The second-order valence-corrected chi connectivity index (χ2v) is 5.10. The van der Waals surface area contributed by atoms with Gasteiger partial charge in [-0.25, -0.2) is 0 Å². The van der Waals surface area contributed by atoms with Gasteiger partial charge in [0.1, 0.15) is 0 Å². The molecule has 0 aromatic rings. The Kier molecular flexibility index (Phi) is 5.41. The highest BCUT2D eigenvalue weighted by Crippen LogP contribution is 2.12. The zero-order valence-corrected chi connectivity index (χ0v) is 11.0. The molecule has 1 rings (SSSR count). The molecule has 94 valence electrons. The number of hydrogen-bond acceptors (Lipinski definition) is 4. The topological polar surface area (TPSA) is 44.5 Å². The Labute approximate surface area is 99.4 Å². The monoisotopic (exact) mass is 226 g/mol. The minimum Gasteiger partial charge on any atom is -0.305 e. The minimum atomic E-state index is 0.232. The first-order chi connectivity index (χ1) is 7.54. The molecular weight excluding hydrogens is 200 g/mol. The first-order valence-corrected chi connectivity index (χ1v) is 6.04. The van der Waals surface area contributed by atoms with E-state index in [2.05, 4.69) is 49.2 Å². The summed E-state index contributed by atoms with van der Waals surface area (Å²) in [7, 11) is 4.37. The Morgan fingerprint density at radius 1 is 1.38 bits per heavy atom. The lowest BCUT2D eigenvalue weighted by atomic mass is 10.0. The molecular formula is C12H26N4. The number of hydrazine groups is 1. The van der Waals surface area contributed by atoms with E-state index in [0.717, 1.165) is 13.1 Å². The van der Waals surface area contributed by atoms with Crippen LogP contribution in [0.25, 0.3) is 0 Å². The maximum Gasteiger partial charge on any atom is 0.0560 e. The largest absolute Gasteiger partial charge is 0.305 e. The van der Waals surface area contributed by atoms with Crippen molar-refractivity contribution >= 4 is 0 Å².